The van der Waals surface area contributed by atoms with E-state index in [4.69, 9.17) is 9.26 Å². The van der Waals surface area contributed by atoms with Crippen LogP contribution in [-0.2, 0) is 19.5 Å². The third-order valence-electron chi connectivity index (χ3n) is 6.63. The number of carbonyl (C=O) groups is 1. The summed E-state index contributed by atoms with van der Waals surface area (Å²) in [5, 5.41) is 4.06. The number of ether oxygens (including phenoxy) is 1. The highest BCUT2D eigenvalue weighted by Crippen LogP contribution is 2.27. The van der Waals surface area contributed by atoms with Gasteiger partial charge in [0.25, 0.3) is 5.91 Å². The minimum absolute atomic E-state index is 0.0388. The number of aromatic nitrogens is 2. The molecule has 1 fully saturated rings. The summed E-state index contributed by atoms with van der Waals surface area (Å²) in [5.74, 6) is 2.44. The molecule has 2 aliphatic heterocycles. The lowest BCUT2D eigenvalue weighted by molar-refractivity contribution is 0.0730. The monoisotopic (exact) mass is 461 g/mol. The number of benzene rings is 1. The van der Waals surface area contributed by atoms with Gasteiger partial charge in [0.15, 0.2) is 0 Å². The summed E-state index contributed by atoms with van der Waals surface area (Å²) >= 11 is 0. The first-order chi connectivity index (χ1) is 16.6. The van der Waals surface area contributed by atoms with Crippen LogP contribution >= 0.6 is 0 Å². The second-order valence-electron chi connectivity index (χ2n) is 8.88. The Morgan fingerprint density at radius 2 is 1.94 bits per heavy atom. The molecule has 34 heavy (non-hydrogen) atoms. The molecule has 1 saturated heterocycles. The van der Waals surface area contributed by atoms with Gasteiger partial charge in [0, 0.05) is 51.0 Å². The normalized spacial score (nSPS) is 16.6. The van der Waals surface area contributed by atoms with Crippen LogP contribution in [0, 0.1) is 6.92 Å². The van der Waals surface area contributed by atoms with E-state index in [1.165, 1.54) is 5.56 Å². The van der Waals surface area contributed by atoms with Gasteiger partial charge in [-0.25, -0.2) is 4.98 Å². The number of amides is 1. The van der Waals surface area contributed by atoms with Gasteiger partial charge in [-0.1, -0.05) is 24.2 Å². The number of anilines is 1. The van der Waals surface area contributed by atoms with Crippen molar-refractivity contribution < 1.29 is 14.1 Å². The lowest BCUT2D eigenvalue weighted by atomic mass is 10.1. The second kappa shape index (κ2) is 9.85. The van der Waals surface area contributed by atoms with Crippen LogP contribution in [0.25, 0.3) is 0 Å². The lowest BCUT2D eigenvalue weighted by Gasteiger charge is -2.35. The molecule has 2 aromatic heterocycles. The van der Waals surface area contributed by atoms with E-state index < -0.39 is 0 Å². The molecule has 0 aliphatic carbocycles. The summed E-state index contributed by atoms with van der Waals surface area (Å²) in [6.45, 7) is 10.1. The summed E-state index contributed by atoms with van der Waals surface area (Å²) in [6, 6.07) is 12.4. The third-order valence-corrected chi connectivity index (χ3v) is 6.63. The van der Waals surface area contributed by atoms with Gasteiger partial charge < -0.3 is 19.1 Å². The quantitative estimate of drug-likeness (QED) is 0.577. The highest BCUT2D eigenvalue weighted by atomic mass is 16.5. The molecular weight excluding hydrogens is 430 g/mol. The van der Waals surface area contributed by atoms with Gasteiger partial charge in [0.1, 0.15) is 29.5 Å². The number of aryl methyl sites for hydroxylation is 2. The molecule has 0 unspecified atom stereocenters. The van der Waals surface area contributed by atoms with E-state index in [9.17, 15) is 4.79 Å². The Kier molecular flexibility index (Phi) is 6.49. The van der Waals surface area contributed by atoms with E-state index >= 15 is 0 Å². The number of carbonyl (C=O) groups excluding carboxylic acids is 1. The Labute approximate surface area is 200 Å². The number of pyridine rings is 1. The van der Waals surface area contributed by atoms with Crippen LogP contribution < -0.4 is 9.64 Å². The first kappa shape index (κ1) is 22.4. The first-order valence-corrected chi connectivity index (χ1v) is 12.0. The highest BCUT2D eigenvalue weighted by molar-refractivity contribution is 5.96. The molecule has 0 radical (unpaired) electrons. The minimum Gasteiger partial charge on any atom is -0.491 e. The standard InChI is InChI=1S/C26H31N5O3/c1-3-22-25(19(2)34-28-22)26(32)31-14-15-33-23-8-7-20(16-21(23)18-31)17-29-10-12-30(13-11-29)24-6-4-5-9-27-24/h4-9,16H,3,10-15,17-18H2,1-2H3. The molecule has 4 heterocycles. The first-order valence-electron chi connectivity index (χ1n) is 12.0. The van der Waals surface area contributed by atoms with E-state index in [0.29, 0.717) is 43.1 Å². The van der Waals surface area contributed by atoms with E-state index in [1.807, 2.05) is 36.2 Å². The molecule has 1 amide bonds. The molecule has 0 atom stereocenters. The summed E-state index contributed by atoms with van der Waals surface area (Å²) in [4.78, 5) is 24.5. The molecule has 0 spiro atoms. The number of piperazine rings is 1. The van der Waals surface area contributed by atoms with Crippen LogP contribution in [0.1, 0.15) is 39.9 Å². The number of hydrogen-bond donors (Lipinski definition) is 0. The predicted octanol–water partition coefficient (Wildman–Crippen LogP) is 3.30. The zero-order valence-corrected chi connectivity index (χ0v) is 19.9. The van der Waals surface area contributed by atoms with Crippen molar-refractivity contribution in [1.29, 1.82) is 0 Å². The van der Waals surface area contributed by atoms with Gasteiger partial charge in [0.05, 0.1) is 12.2 Å². The Bertz CT molecular complexity index is 1140. The van der Waals surface area contributed by atoms with Crippen molar-refractivity contribution >= 4 is 11.7 Å². The Balaban J connectivity index is 1.26. The largest absolute Gasteiger partial charge is 0.491 e. The molecule has 178 valence electrons. The Morgan fingerprint density at radius 3 is 2.71 bits per heavy atom. The number of hydrogen-bond acceptors (Lipinski definition) is 7. The van der Waals surface area contributed by atoms with Gasteiger partial charge in [0.2, 0.25) is 0 Å². The Hall–Kier alpha value is -3.39. The number of fused-ring (bicyclic) bond motifs is 1. The maximum Gasteiger partial charge on any atom is 0.259 e. The van der Waals surface area contributed by atoms with Crippen molar-refractivity contribution in [2.45, 2.75) is 33.4 Å². The topological polar surface area (TPSA) is 74.9 Å². The van der Waals surface area contributed by atoms with Crippen LogP contribution in [0.5, 0.6) is 5.75 Å². The fraction of sp³-hybridized carbons (Fsp3) is 0.423. The van der Waals surface area contributed by atoms with Crippen molar-refractivity contribution in [2.75, 3.05) is 44.2 Å². The molecule has 0 bridgehead atoms. The molecule has 8 nitrogen and oxygen atoms in total. The van der Waals surface area contributed by atoms with E-state index in [1.54, 1.807) is 6.92 Å². The predicted molar refractivity (Wildman–Crippen MR) is 129 cm³/mol. The molecule has 0 saturated carbocycles. The van der Waals surface area contributed by atoms with Crippen LogP contribution in [0.15, 0.2) is 47.1 Å². The maximum atomic E-state index is 13.3. The fourth-order valence-corrected chi connectivity index (χ4v) is 4.74. The van der Waals surface area contributed by atoms with Crippen molar-refractivity contribution in [2.24, 2.45) is 0 Å². The number of rotatable bonds is 5. The molecule has 0 N–H and O–H groups in total. The number of nitrogens with zero attached hydrogens (tertiary/aromatic N) is 5. The third kappa shape index (κ3) is 4.63. The highest BCUT2D eigenvalue weighted by Gasteiger charge is 2.27. The Morgan fingerprint density at radius 1 is 1.09 bits per heavy atom. The van der Waals surface area contributed by atoms with Crippen molar-refractivity contribution in [3.63, 3.8) is 0 Å². The van der Waals surface area contributed by atoms with Gasteiger partial charge in [-0.15, -0.1) is 0 Å². The van der Waals surface area contributed by atoms with Crippen LogP contribution in [0.2, 0.25) is 0 Å². The van der Waals surface area contributed by atoms with Gasteiger partial charge in [-0.3, -0.25) is 9.69 Å². The second-order valence-corrected chi connectivity index (χ2v) is 8.88. The lowest BCUT2D eigenvalue weighted by Crippen LogP contribution is -2.46. The zero-order chi connectivity index (χ0) is 23.5. The van der Waals surface area contributed by atoms with Crippen LogP contribution in [0.4, 0.5) is 5.82 Å². The van der Waals surface area contributed by atoms with Crippen molar-refractivity contribution in [3.8, 4) is 5.75 Å². The van der Waals surface area contributed by atoms with Crippen LogP contribution in [-0.4, -0.2) is 65.2 Å². The summed E-state index contributed by atoms with van der Waals surface area (Å²) in [5.41, 5.74) is 3.58. The summed E-state index contributed by atoms with van der Waals surface area (Å²) in [7, 11) is 0. The molecule has 2 aliphatic rings. The van der Waals surface area contributed by atoms with Crippen molar-refractivity contribution in [3.05, 3.63) is 70.7 Å². The van der Waals surface area contributed by atoms with Crippen LogP contribution in [0.3, 0.4) is 0 Å². The fourth-order valence-electron chi connectivity index (χ4n) is 4.74. The van der Waals surface area contributed by atoms with Gasteiger partial charge in [-0.2, -0.15) is 0 Å². The smallest absolute Gasteiger partial charge is 0.259 e. The average Bonchev–Trinajstić information content (AvgIpc) is 3.11. The molecule has 1 aromatic carbocycles. The van der Waals surface area contributed by atoms with E-state index in [-0.39, 0.29) is 5.91 Å². The molecule has 3 aromatic rings. The zero-order valence-electron chi connectivity index (χ0n) is 19.9. The van der Waals surface area contributed by atoms with Crippen molar-refractivity contribution in [1.82, 2.24) is 19.9 Å². The molecular formula is C26H31N5O3. The SMILES string of the molecule is CCc1noc(C)c1C(=O)N1CCOc2ccc(CN3CCN(c4ccccn4)CC3)cc2C1. The molecule has 8 heteroatoms. The van der Waals surface area contributed by atoms with E-state index in [2.05, 4.69) is 38.1 Å². The van der Waals surface area contributed by atoms with Gasteiger partial charge >= 0.3 is 0 Å². The summed E-state index contributed by atoms with van der Waals surface area (Å²) < 4.78 is 11.3. The minimum atomic E-state index is -0.0388. The average molecular weight is 462 g/mol. The van der Waals surface area contributed by atoms with E-state index in [0.717, 1.165) is 49.9 Å². The summed E-state index contributed by atoms with van der Waals surface area (Å²) in [6.07, 6.45) is 2.51. The van der Waals surface area contributed by atoms with Gasteiger partial charge in [-0.05, 0) is 43.2 Å². The molecule has 5 rings (SSSR count). The maximum absolute atomic E-state index is 13.3.